The molecule has 0 spiro atoms. The number of nitrogens with one attached hydrogen (secondary N) is 1. The predicted octanol–water partition coefficient (Wildman–Crippen LogP) is -3.19. The van der Waals surface area contributed by atoms with Gasteiger partial charge in [-0.1, -0.05) is 30.3 Å². The summed E-state index contributed by atoms with van der Waals surface area (Å²) in [6.07, 6.45) is 0. The maximum atomic E-state index is 10.1. The van der Waals surface area contributed by atoms with E-state index in [-0.39, 0.29) is 35.1 Å². The maximum absolute atomic E-state index is 10.1. The molecule has 0 unspecified atom stereocenters. The fourth-order valence-electron chi connectivity index (χ4n) is 0.574. The van der Waals surface area contributed by atoms with Crippen LogP contribution >= 0.6 is 0 Å². The first-order valence-corrected chi connectivity index (χ1v) is 3.32. The number of aromatic carboxylic acids is 1. The number of carboxylic acid groups (broad SMARTS) is 1. The van der Waals surface area contributed by atoms with Crippen molar-refractivity contribution in [3.05, 3.63) is 35.9 Å². The van der Waals surface area contributed by atoms with Crippen LogP contribution in [-0.2, 0) is 12.4 Å². The van der Waals surface area contributed by atoms with Gasteiger partial charge in [0.15, 0.2) is 0 Å². The van der Waals surface area contributed by atoms with E-state index in [1.165, 1.54) is 12.1 Å². The van der Waals surface area contributed by atoms with Crippen LogP contribution in [0.25, 0.3) is 0 Å². The smallest absolute Gasteiger partial charge is 0.545 e. The number of carboxylic acids is 1. The van der Waals surface area contributed by atoms with Gasteiger partial charge in [0.2, 0.25) is 0 Å². The van der Waals surface area contributed by atoms with Gasteiger partial charge >= 0.3 is 29.6 Å². The van der Waals surface area contributed by atoms with E-state index in [2.05, 4.69) is 12.4 Å². The van der Waals surface area contributed by atoms with Crippen LogP contribution in [0.4, 0.5) is 0 Å². The van der Waals surface area contributed by atoms with Crippen LogP contribution in [0, 0.1) is 4.78 Å². The van der Waals surface area contributed by atoms with Gasteiger partial charge in [0.25, 0.3) is 0 Å². The summed E-state index contributed by atoms with van der Waals surface area (Å²) in [6, 6.07) is 8.06. The van der Waals surface area contributed by atoms with Crippen molar-refractivity contribution >= 4 is 18.4 Å². The van der Waals surface area contributed by atoms with Gasteiger partial charge in [0.05, 0.1) is 5.97 Å². The molecule has 0 heterocycles. The third-order valence-corrected chi connectivity index (χ3v) is 1.01. The van der Waals surface area contributed by atoms with Crippen molar-refractivity contribution in [2.24, 2.45) is 0 Å². The molecular weight excluding hydrogens is 185 g/mol. The van der Waals surface area contributed by atoms with Crippen molar-refractivity contribution in [3.63, 3.8) is 0 Å². The van der Waals surface area contributed by atoms with Crippen LogP contribution in [0.2, 0.25) is 0 Å². The van der Waals surface area contributed by atoms with Crippen molar-refractivity contribution in [3.8, 4) is 0 Å². The standard InChI is InChI=1S/C7H6O2.H3NS.Na/c8-7(9)6-4-2-1-3-5-6;1-2;/h1-5H,(H,8,9);1H,2H2;/q;;+1/p-1. The monoisotopic (exact) mass is 193 g/mol. The number of rotatable bonds is 1. The molecule has 0 saturated heterocycles. The van der Waals surface area contributed by atoms with Crippen molar-refractivity contribution < 1.29 is 39.5 Å². The summed E-state index contributed by atoms with van der Waals surface area (Å²) in [5, 5.41) is 10.1. The van der Waals surface area contributed by atoms with Crippen molar-refractivity contribution in [2.45, 2.75) is 0 Å². The molecule has 3 nitrogen and oxygen atoms in total. The summed E-state index contributed by atoms with van der Waals surface area (Å²) < 4.78 is 5.56. The van der Waals surface area contributed by atoms with Crippen molar-refractivity contribution in [1.82, 2.24) is 0 Å². The molecule has 0 fully saturated rings. The average molecular weight is 193 g/mol. The molecule has 0 bridgehead atoms. The van der Waals surface area contributed by atoms with E-state index >= 15 is 0 Å². The number of hydrogen-bond acceptors (Lipinski definition) is 3. The van der Waals surface area contributed by atoms with Crippen molar-refractivity contribution in [2.75, 3.05) is 0 Å². The molecule has 60 valence electrons. The molecule has 0 aliphatic carbocycles. The Kier molecular flexibility index (Phi) is 10.7. The average Bonchev–Trinajstić information content (AvgIpc) is 2.10. The Labute approximate surface area is 98.1 Å². The van der Waals surface area contributed by atoms with Crippen LogP contribution in [0.5, 0.6) is 0 Å². The number of hydrogen-bond donors (Lipinski definition) is 1. The van der Waals surface area contributed by atoms with Gasteiger partial charge in [-0.05, 0) is 5.56 Å². The molecule has 0 aliphatic rings. The third-order valence-electron chi connectivity index (χ3n) is 1.01. The molecule has 0 saturated carbocycles. The fourth-order valence-corrected chi connectivity index (χ4v) is 0.574. The predicted molar refractivity (Wildman–Crippen MR) is 43.6 cm³/mol. The molecule has 1 aromatic rings. The molecule has 12 heavy (non-hydrogen) atoms. The van der Waals surface area contributed by atoms with Crippen LogP contribution in [0.1, 0.15) is 10.4 Å². The molecule has 5 heteroatoms. The van der Waals surface area contributed by atoms with Gasteiger partial charge in [-0.2, -0.15) is 0 Å². The summed E-state index contributed by atoms with van der Waals surface area (Å²) in [5.41, 5.74) is 0.220. The second kappa shape index (κ2) is 8.93. The van der Waals surface area contributed by atoms with E-state index in [0.29, 0.717) is 0 Å². The van der Waals surface area contributed by atoms with E-state index in [0.717, 1.165) is 0 Å². The molecule has 1 aromatic carbocycles. The zero-order chi connectivity index (χ0) is 8.69. The molecule has 0 amide bonds. The molecule has 1 N–H and O–H groups in total. The quantitative estimate of drug-likeness (QED) is 0.478. The minimum absolute atomic E-state index is 0. The Morgan fingerprint density at radius 2 is 1.67 bits per heavy atom. The zero-order valence-corrected chi connectivity index (χ0v) is 9.70. The summed E-state index contributed by atoms with van der Waals surface area (Å²) in [4.78, 5) is 10.1. The third kappa shape index (κ3) is 5.49. The zero-order valence-electron chi connectivity index (χ0n) is 6.70. The summed E-state index contributed by atoms with van der Waals surface area (Å²) in [7, 11) is 0. The van der Waals surface area contributed by atoms with Crippen LogP contribution in [-0.4, -0.2) is 5.97 Å². The number of carbonyl (C=O) groups excluding carboxylic acids is 1. The maximum Gasteiger partial charge on any atom is 1.00 e. The Morgan fingerprint density at radius 1 is 1.25 bits per heavy atom. The topological polar surface area (TPSA) is 64.0 Å². The SMILES string of the molecule is N=[SH2].O=C([O-])c1ccccc1.[Na+]. The van der Waals surface area contributed by atoms with E-state index < -0.39 is 5.97 Å². The Balaban J connectivity index is 0. The minimum atomic E-state index is -1.13. The van der Waals surface area contributed by atoms with Gasteiger partial charge < -0.3 is 9.90 Å². The molecule has 1 rings (SSSR count). The largest absolute Gasteiger partial charge is 1.00 e. The normalized spacial score (nSPS) is 7.08. The summed E-state index contributed by atoms with van der Waals surface area (Å²) in [5.74, 6) is -1.13. The van der Waals surface area contributed by atoms with Crippen LogP contribution in [0.15, 0.2) is 30.3 Å². The van der Waals surface area contributed by atoms with E-state index in [1.807, 2.05) is 0 Å². The first kappa shape index (κ1) is 14.4. The summed E-state index contributed by atoms with van der Waals surface area (Å²) in [6.45, 7) is 0. The first-order chi connectivity index (χ1) is 5.30. The summed E-state index contributed by atoms with van der Waals surface area (Å²) >= 11 is 2.22. The Hall–Kier alpha value is -0.160. The van der Waals surface area contributed by atoms with Gasteiger partial charge in [-0.15, -0.1) is 12.4 Å². The van der Waals surface area contributed by atoms with E-state index in [4.69, 9.17) is 4.78 Å². The minimum Gasteiger partial charge on any atom is -0.545 e. The molecule has 0 aliphatic heterocycles. The van der Waals surface area contributed by atoms with Crippen LogP contribution in [0.3, 0.4) is 0 Å². The van der Waals surface area contributed by atoms with Gasteiger partial charge in [0, 0.05) is 0 Å². The van der Waals surface area contributed by atoms with Crippen LogP contribution < -0.4 is 34.7 Å². The first-order valence-electron chi connectivity index (χ1n) is 2.82. The molecule has 0 aromatic heterocycles. The van der Waals surface area contributed by atoms with Gasteiger partial charge in [-0.25, -0.2) is 0 Å². The second-order valence-corrected chi connectivity index (χ2v) is 1.65. The molecule has 0 atom stereocenters. The van der Waals surface area contributed by atoms with Crippen molar-refractivity contribution in [1.29, 1.82) is 4.78 Å². The number of benzene rings is 1. The molecule has 0 radical (unpaired) electrons. The van der Waals surface area contributed by atoms with E-state index in [1.54, 1.807) is 18.2 Å². The fraction of sp³-hybridized carbons (Fsp3) is 0. The second-order valence-electron chi connectivity index (χ2n) is 1.65. The number of carbonyl (C=O) groups is 1. The Bertz CT molecular complexity index is 230. The Morgan fingerprint density at radius 3 is 1.92 bits per heavy atom. The van der Waals surface area contributed by atoms with E-state index in [9.17, 15) is 9.90 Å². The molecular formula is C7H8NNaO2S. The van der Waals surface area contributed by atoms with Gasteiger partial charge in [0.1, 0.15) is 0 Å². The van der Waals surface area contributed by atoms with Gasteiger partial charge in [-0.3, -0.25) is 4.78 Å².